The molecule has 2 aromatic heterocycles. The minimum atomic E-state index is -0.551. The molecule has 4 rings (SSSR count). The summed E-state index contributed by atoms with van der Waals surface area (Å²) in [5.74, 6) is 0.124. The first kappa shape index (κ1) is 32.2. The van der Waals surface area contributed by atoms with Crippen LogP contribution in [-0.4, -0.2) is 43.9 Å². The molecule has 0 aliphatic rings. The molecule has 3 N–H and O–H groups in total. The van der Waals surface area contributed by atoms with E-state index in [4.69, 9.17) is 4.74 Å². The average molecular weight is 616 g/mol. The van der Waals surface area contributed by atoms with E-state index in [1.165, 1.54) is 11.3 Å². The highest BCUT2D eigenvalue weighted by atomic mass is 32.1. The predicted molar refractivity (Wildman–Crippen MR) is 169 cm³/mol. The Balaban J connectivity index is 1.12. The lowest BCUT2D eigenvalue weighted by atomic mass is 10.1. The van der Waals surface area contributed by atoms with Gasteiger partial charge in [-0.2, -0.15) is 5.10 Å². The van der Waals surface area contributed by atoms with E-state index >= 15 is 0 Å². The summed E-state index contributed by atoms with van der Waals surface area (Å²) >= 11 is 1.37. The number of hydrogen-bond acceptors (Lipinski definition) is 9. The van der Waals surface area contributed by atoms with Crippen LogP contribution in [0.25, 0.3) is 0 Å². The fourth-order valence-electron chi connectivity index (χ4n) is 4.13. The fourth-order valence-corrected chi connectivity index (χ4v) is 4.93. The Morgan fingerprint density at radius 3 is 2.07 bits per heavy atom. The first-order valence-corrected chi connectivity index (χ1v) is 15.3. The molecule has 2 aromatic carbocycles. The molecular weight excluding hydrogens is 578 g/mol. The Morgan fingerprint density at radius 1 is 0.727 bits per heavy atom. The Morgan fingerprint density at radius 2 is 1.39 bits per heavy atom. The zero-order valence-corrected chi connectivity index (χ0v) is 25.9. The van der Waals surface area contributed by atoms with Gasteiger partial charge >= 0.3 is 6.09 Å². The van der Waals surface area contributed by atoms with Gasteiger partial charge in [0.15, 0.2) is 5.82 Å². The van der Waals surface area contributed by atoms with Crippen LogP contribution in [-0.2, 0) is 46.6 Å². The molecule has 0 aliphatic heterocycles. The maximum Gasteiger partial charge on any atom is 0.407 e. The Hall–Kier alpha value is -4.71. The van der Waals surface area contributed by atoms with E-state index in [2.05, 4.69) is 36.3 Å². The topological polar surface area (TPSA) is 148 Å². The third-order valence-corrected chi connectivity index (χ3v) is 7.10. The number of nitrogens with one attached hydrogen (secondary N) is 3. The van der Waals surface area contributed by atoms with Gasteiger partial charge in [-0.05, 0) is 68.9 Å². The third-order valence-electron chi connectivity index (χ3n) is 6.20. The van der Waals surface area contributed by atoms with E-state index in [9.17, 15) is 14.4 Å². The van der Waals surface area contributed by atoms with Gasteiger partial charge in [-0.25, -0.2) is 4.79 Å². The average Bonchev–Trinajstić information content (AvgIpc) is 3.42. The summed E-state index contributed by atoms with van der Waals surface area (Å²) in [5.41, 5.74) is 2.99. The molecule has 0 bridgehead atoms. The van der Waals surface area contributed by atoms with Crippen LogP contribution in [0.2, 0.25) is 0 Å². The fraction of sp³-hybridized carbons (Fsp3) is 0.344. The SMILES string of the molecule is CC(C)(C)OC(=O)NCc1ccc(CC(=O)Nc2nnc(CCCCc3ccc(NC(=O)Cc4ccccc4)nn3)s2)cc1. The van der Waals surface area contributed by atoms with Crippen molar-refractivity contribution in [3.8, 4) is 0 Å². The quantitative estimate of drug-likeness (QED) is 0.172. The van der Waals surface area contributed by atoms with Gasteiger partial charge in [-0.15, -0.1) is 15.3 Å². The van der Waals surface area contributed by atoms with E-state index in [0.717, 1.165) is 53.1 Å². The lowest BCUT2D eigenvalue weighted by Gasteiger charge is -2.19. The molecule has 12 heteroatoms. The van der Waals surface area contributed by atoms with E-state index < -0.39 is 11.7 Å². The van der Waals surface area contributed by atoms with E-state index in [1.807, 2.05) is 81.4 Å². The van der Waals surface area contributed by atoms with Crippen molar-refractivity contribution in [1.29, 1.82) is 0 Å². The van der Waals surface area contributed by atoms with Crippen LogP contribution >= 0.6 is 11.3 Å². The molecule has 230 valence electrons. The molecule has 4 aromatic rings. The second-order valence-electron chi connectivity index (χ2n) is 11.2. The molecule has 0 aliphatic carbocycles. The molecule has 2 heterocycles. The monoisotopic (exact) mass is 615 g/mol. The van der Waals surface area contributed by atoms with Crippen molar-refractivity contribution in [2.75, 3.05) is 10.6 Å². The molecule has 44 heavy (non-hydrogen) atoms. The lowest BCUT2D eigenvalue weighted by molar-refractivity contribution is -0.116. The summed E-state index contributed by atoms with van der Waals surface area (Å²) in [6.45, 7) is 5.77. The molecule has 0 radical (unpaired) electrons. The van der Waals surface area contributed by atoms with Crippen molar-refractivity contribution in [3.05, 3.63) is 94.1 Å². The van der Waals surface area contributed by atoms with E-state index in [-0.39, 0.29) is 24.7 Å². The van der Waals surface area contributed by atoms with Gasteiger partial charge in [0.05, 0.1) is 18.5 Å². The number of aromatic nitrogens is 4. The minimum Gasteiger partial charge on any atom is -0.444 e. The van der Waals surface area contributed by atoms with Gasteiger partial charge in [-0.3, -0.25) is 9.59 Å². The predicted octanol–water partition coefficient (Wildman–Crippen LogP) is 5.28. The van der Waals surface area contributed by atoms with Crippen LogP contribution in [0, 0.1) is 0 Å². The van der Waals surface area contributed by atoms with Crippen molar-refractivity contribution in [2.45, 2.75) is 71.4 Å². The highest BCUT2D eigenvalue weighted by Crippen LogP contribution is 2.18. The summed E-state index contributed by atoms with van der Waals surface area (Å²) in [5, 5.41) is 26.3. The number of alkyl carbamates (subject to hydrolysis) is 1. The minimum absolute atomic E-state index is 0.133. The Labute approximate surface area is 260 Å². The van der Waals surface area contributed by atoms with Crippen LogP contribution < -0.4 is 16.0 Å². The van der Waals surface area contributed by atoms with Gasteiger partial charge in [0.25, 0.3) is 0 Å². The summed E-state index contributed by atoms with van der Waals surface area (Å²) in [4.78, 5) is 36.6. The molecule has 0 spiro atoms. The summed E-state index contributed by atoms with van der Waals surface area (Å²) in [6.07, 6.45) is 3.28. The lowest BCUT2D eigenvalue weighted by Crippen LogP contribution is -2.32. The first-order chi connectivity index (χ1) is 21.1. The summed E-state index contributed by atoms with van der Waals surface area (Å²) in [6, 6.07) is 20.6. The van der Waals surface area contributed by atoms with Crippen molar-refractivity contribution in [2.24, 2.45) is 0 Å². The summed E-state index contributed by atoms with van der Waals surface area (Å²) < 4.78 is 5.24. The third kappa shape index (κ3) is 11.5. The number of carbonyl (C=O) groups is 3. The van der Waals surface area contributed by atoms with Crippen LogP contribution in [0.4, 0.5) is 15.7 Å². The standard InChI is InChI=1S/C32H37N7O4S/c1-32(2,3)43-31(42)33-21-24-15-13-23(14-16-24)20-28(41)35-30-39-38-29(44-30)12-8-7-11-25-17-18-26(37-36-25)34-27(40)19-22-9-5-4-6-10-22/h4-6,9-10,13-18H,7-8,11-12,19-21H2,1-3H3,(H,33,42)(H,34,37,40)(H,35,39,41). The zero-order chi connectivity index (χ0) is 31.4. The number of rotatable bonds is 13. The number of amides is 3. The molecule has 0 saturated heterocycles. The van der Waals surface area contributed by atoms with Gasteiger partial charge in [0, 0.05) is 13.0 Å². The van der Waals surface area contributed by atoms with Gasteiger partial charge in [0.2, 0.25) is 16.9 Å². The highest BCUT2D eigenvalue weighted by Gasteiger charge is 2.16. The number of hydrogen-bond donors (Lipinski definition) is 3. The number of benzene rings is 2. The number of carbonyl (C=O) groups excluding carboxylic acids is 3. The van der Waals surface area contributed by atoms with Gasteiger partial charge in [0.1, 0.15) is 10.6 Å². The maximum atomic E-state index is 12.5. The molecule has 0 unspecified atom stereocenters. The molecule has 0 fully saturated rings. The van der Waals surface area contributed by atoms with Crippen LogP contribution in [0.15, 0.2) is 66.7 Å². The van der Waals surface area contributed by atoms with E-state index in [0.29, 0.717) is 17.5 Å². The van der Waals surface area contributed by atoms with E-state index in [1.54, 1.807) is 6.07 Å². The normalized spacial score (nSPS) is 11.1. The summed E-state index contributed by atoms with van der Waals surface area (Å²) in [7, 11) is 0. The Bertz CT molecular complexity index is 1520. The molecular formula is C32H37N7O4S. The van der Waals surface area contributed by atoms with Crippen molar-refractivity contribution in [1.82, 2.24) is 25.7 Å². The number of anilines is 2. The number of unbranched alkanes of at least 4 members (excludes halogenated alkanes) is 1. The zero-order valence-electron chi connectivity index (χ0n) is 25.1. The first-order valence-electron chi connectivity index (χ1n) is 14.4. The highest BCUT2D eigenvalue weighted by molar-refractivity contribution is 7.15. The van der Waals surface area contributed by atoms with Crippen molar-refractivity contribution < 1.29 is 19.1 Å². The van der Waals surface area contributed by atoms with Gasteiger partial charge in [-0.1, -0.05) is 65.9 Å². The van der Waals surface area contributed by atoms with Crippen LogP contribution in [0.3, 0.4) is 0 Å². The van der Waals surface area contributed by atoms with Crippen LogP contribution in [0.1, 0.15) is 61.0 Å². The molecule has 11 nitrogen and oxygen atoms in total. The smallest absolute Gasteiger partial charge is 0.407 e. The second kappa shape index (κ2) is 15.7. The number of aryl methyl sites for hydroxylation is 2. The van der Waals surface area contributed by atoms with Crippen molar-refractivity contribution >= 4 is 40.2 Å². The maximum absolute atomic E-state index is 12.5. The molecule has 0 saturated carbocycles. The molecule has 0 atom stereocenters. The van der Waals surface area contributed by atoms with Crippen LogP contribution in [0.5, 0.6) is 0 Å². The number of nitrogens with zero attached hydrogens (tertiary/aromatic N) is 4. The number of ether oxygens (including phenoxy) is 1. The second-order valence-corrected chi connectivity index (χ2v) is 12.3. The molecule has 3 amide bonds. The Kier molecular flexibility index (Phi) is 11.5. The largest absolute Gasteiger partial charge is 0.444 e. The van der Waals surface area contributed by atoms with Crippen molar-refractivity contribution in [3.63, 3.8) is 0 Å². The van der Waals surface area contributed by atoms with Gasteiger partial charge < -0.3 is 20.7 Å².